The maximum atomic E-state index is 11.9. The number of benzene rings is 1. The standard InChI is InChI=1S/C21H29NO7/c1-20(26-11-12-27-20)15-21(28-13-14-29-21)10-9-16-5-7-17(8-6-16)22-18(23)3-2-4-19(24)25/h5-8H,2-4,9-15H2,1H3,(H,22,23)(H,24,25). The van der Waals surface area contributed by atoms with Crippen molar-refractivity contribution in [1.82, 2.24) is 0 Å². The van der Waals surface area contributed by atoms with Gasteiger partial charge in [-0.05, 0) is 37.5 Å². The lowest BCUT2D eigenvalue weighted by molar-refractivity contribution is -0.244. The normalized spacial score (nSPS) is 19.9. The fourth-order valence-electron chi connectivity index (χ4n) is 3.69. The average molecular weight is 407 g/mol. The first-order valence-corrected chi connectivity index (χ1v) is 10.0. The van der Waals surface area contributed by atoms with Crippen LogP contribution < -0.4 is 5.32 Å². The Morgan fingerprint density at radius 1 is 1.00 bits per heavy atom. The number of anilines is 1. The first kappa shape index (κ1) is 21.7. The molecule has 0 spiro atoms. The Hall–Kier alpha value is -2.00. The smallest absolute Gasteiger partial charge is 0.303 e. The molecule has 0 aliphatic carbocycles. The van der Waals surface area contributed by atoms with Crippen LogP contribution in [-0.4, -0.2) is 55.0 Å². The predicted octanol–water partition coefficient (Wildman–Crippen LogP) is 2.71. The number of carbonyl (C=O) groups is 2. The fourth-order valence-corrected chi connectivity index (χ4v) is 3.69. The van der Waals surface area contributed by atoms with Crippen molar-refractivity contribution in [3.8, 4) is 0 Å². The number of hydrogen-bond donors (Lipinski definition) is 2. The van der Waals surface area contributed by atoms with Crippen LogP contribution in [-0.2, 0) is 35.0 Å². The summed E-state index contributed by atoms with van der Waals surface area (Å²) in [6.07, 6.45) is 2.46. The van der Waals surface area contributed by atoms with Crippen LogP contribution in [0, 0.1) is 0 Å². The van der Waals surface area contributed by atoms with Gasteiger partial charge in [0.25, 0.3) is 0 Å². The zero-order chi connectivity index (χ0) is 20.7. The molecule has 2 N–H and O–H groups in total. The van der Waals surface area contributed by atoms with E-state index in [0.29, 0.717) is 51.4 Å². The summed E-state index contributed by atoms with van der Waals surface area (Å²) in [7, 11) is 0. The van der Waals surface area contributed by atoms with Crippen molar-refractivity contribution in [2.24, 2.45) is 0 Å². The van der Waals surface area contributed by atoms with Gasteiger partial charge >= 0.3 is 5.97 Å². The molecule has 2 aliphatic rings. The molecule has 0 unspecified atom stereocenters. The van der Waals surface area contributed by atoms with Crippen molar-refractivity contribution in [2.45, 2.75) is 57.0 Å². The van der Waals surface area contributed by atoms with E-state index < -0.39 is 17.5 Å². The van der Waals surface area contributed by atoms with E-state index in [4.69, 9.17) is 24.1 Å². The number of amides is 1. The van der Waals surface area contributed by atoms with Gasteiger partial charge in [0.15, 0.2) is 11.6 Å². The van der Waals surface area contributed by atoms with E-state index >= 15 is 0 Å². The van der Waals surface area contributed by atoms with Crippen molar-refractivity contribution in [3.63, 3.8) is 0 Å². The quantitative estimate of drug-likeness (QED) is 0.615. The molecule has 3 rings (SSSR count). The second-order valence-corrected chi connectivity index (χ2v) is 7.61. The van der Waals surface area contributed by atoms with Crippen LogP contribution >= 0.6 is 0 Å². The predicted molar refractivity (Wildman–Crippen MR) is 104 cm³/mol. The molecule has 0 saturated carbocycles. The van der Waals surface area contributed by atoms with Crippen LogP contribution in [0.3, 0.4) is 0 Å². The Bertz CT molecular complexity index is 691. The maximum Gasteiger partial charge on any atom is 0.303 e. The Morgan fingerprint density at radius 3 is 2.24 bits per heavy atom. The van der Waals surface area contributed by atoms with E-state index in [1.54, 1.807) is 0 Å². The minimum absolute atomic E-state index is 0.00657. The lowest BCUT2D eigenvalue weighted by Crippen LogP contribution is -2.41. The molecule has 2 heterocycles. The summed E-state index contributed by atoms with van der Waals surface area (Å²) in [6.45, 7) is 4.19. The number of hydrogen-bond acceptors (Lipinski definition) is 6. The van der Waals surface area contributed by atoms with Gasteiger partial charge in [0.05, 0.1) is 32.8 Å². The van der Waals surface area contributed by atoms with E-state index in [-0.39, 0.29) is 18.7 Å². The third kappa shape index (κ3) is 6.50. The van der Waals surface area contributed by atoms with Crippen molar-refractivity contribution in [1.29, 1.82) is 0 Å². The topological polar surface area (TPSA) is 103 Å². The van der Waals surface area contributed by atoms with Gasteiger partial charge in [-0.2, -0.15) is 0 Å². The van der Waals surface area contributed by atoms with Crippen LogP contribution in [0.4, 0.5) is 5.69 Å². The molecule has 1 aromatic rings. The summed E-state index contributed by atoms with van der Waals surface area (Å²) in [5.41, 5.74) is 1.79. The highest BCUT2D eigenvalue weighted by molar-refractivity contribution is 5.90. The molecular weight excluding hydrogens is 378 g/mol. The summed E-state index contributed by atoms with van der Waals surface area (Å²) in [5.74, 6) is -2.47. The summed E-state index contributed by atoms with van der Waals surface area (Å²) in [4.78, 5) is 22.4. The monoisotopic (exact) mass is 407 g/mol. The minimum atomic E-state index is -0.893. The van der Waals surface area contributed by atoms with E-state index in [1.165, 1.54) is 0 Å². The molecular formula is C21H29NO7. The van der Waals surface area contributed by atoms with Crippen LogP contribution in [0.1, 0.15) is 44.6 Å². The van der Waals surface area contributed by atoms with Crippen molar-refractivity contribution in [2.75, 3.05) is 31.7 Å². The highest BCUT2D eigenvalue weighted by Gasteiger charge is 2.46. The van der Waals surface area contributed by atoms with Gasteiger partial charge in [-0.3, -0.25) is 9.59 Å². The van der Waals surface area contributed by atoms with Crippen LogP contribution in [0.15, 0.2) is 24.3 Å². The zero-order valence-electron chi connectivity index (χ0n) is 16.8. The lowest BCUT2D eigenvalue weighted by Gasteiger charge is -2.34. The van der Waals surface area contributed by atoms with Crippen LogP contribution in [0.2, 0.25) is 0 Å². The van der Waals surface area contributed by atoms with Gasteiger partial charge in [0, 0.05) is 24.9 Å². The van der Waals surface area contributed by atoms with E-state index in [2.05, 4.69) is 5.32 Å². The number of aryl methyl sites for hydroxylation is 1. The zero-order valence-corrected chi connectivity index (χ0v) is 16.8. The molecule has 29 heavy (non-hydrogen) atoms. The Kier molecular flexibility index (Phi) is 7.23. The number of ether oxygens (including phenoxy) is 4. The van der Waals surface area contributed by atoms with Crippen LogP contribution in [0.5, 0.6) is 0 Å². The first-order chi connectivity index (χ1) is 13.9. The molecule has 0 aromatic heterocycles. The first-order valence-electron chi connectivity index (χ1n) is 10.0. The lowest BCUT2D eigenvalue weighted by atomic mass is 9.98. The highest BCUT2D eigenvalue weighted by Crippen LogP contribution is 2.37. The molecule has 1 amide bonds. The molecule has 2 saturated heterocycles. The molecule has 2 fully saturated rings. The minimum Gasteiger partial charge on any atom is -0.481 e. The Balaban J connectivity index is 1.49. The molecule has 1 aromatic carbocycles. The van der Waals surface area contributed by atoms with Gasteiger partial charge in [-0.15, -0.1) is 0 Å². The fraction of sp³-hybridized carbons (Fsp3) is 0.619. The van der Waals surface area contributed by atoms with Gasteiger partial charge in [0.2, 0.25) is 5.91 Å². The number of nitrogens with one attached hydrogen (secondary N) is 1. The summed E-state index contributed by atoms with van der Waals surface area (Å²) in [6, 6.07) is 7.61. The summed E-state index contributed by atoms with van der Waals surface area (Å²) in [5, 5.41) is 11.4. The largest absolute Gasteiger partial charge is 0.481 e. The molecule has 0 atom stereocenters. The molecule has 0 radical (unpaired) electrons. The molecule has 0 bridgehead atoms. The SMILES string of the molecule is CC1(CC2(CCc3ccc(NC(=O)CCCC(=O)O)cc3)OCCO2)OCCO1. The summed E-state index contributed by atoms with van der Waals surface area (Å²) >= 11 is 0. The average Bonchev–Trinajstić information content (AvgIpc) is 3.30. The second kappa shape index (κ2) is 9.67. The number of rotatable bonds is 10. The molecule has 2 aliphatic heterocycles. The van der Waals surface area contributed by atoms with Crippen molar-refractivity contribution in [3.05, 3.63) is 29.8 Å². The number of carboxylic acid groups (broad SMARTS) is 1. The molecule has 8 heteroatoms. The Labute approximate surface area is 170 Å². The number of carbonyl (C=O) groups excluding carboxylic acids is 1. The van der Waals surface area contributed by atoms with Gasteiger partial charge < -0.3 is 29.4 Å². The molecule has 8 nitrogen and oxygen atoms in total. The molecule has 160 valence electrons. The van der Waals surface area contributed by atoms with E-state index in [1.807, 2.05) is 31.2 Å². The second-order valence-electron chi connectivity index (χ2n) is 7.61. The third-order valence-electron chi connectivity index (χ3n) is 5.13. The van der Waals surface area contributed by atoms with Crippen molar-refractivity contribution < 1.29 is 33.6 Å². The van der Waals surface area contributed by atoms with Crippen LogP contribution in [0.25, 0.3) is 0 Å². The van der Waals surface area contributed by atoms with Gasteiger partial charge in [-0.1, -0.05) is 12.1 Å². The Morgan fingerprint density at radius 2 is 1.62 bits per heavy atom. The highest BCUT2D eigenvalue weighted by atomic mass is 16.8. The van der Waals surface area contributed by atoms with Gasteiger partial charge in [0.1, 0.15) is 0 Å². The summed E-state index contributed by atoms with van der Waals surface area (Å²) < 4.78 is 23.3. The van der Waals surface area contributed by atoms with E-state index in [9.17, 15) is 9.59 Å². The maximum absolute atomic E-state index is 11.9. The van der Waals surface area contributed by atoms with E-state index in [0.717, 1.165) is 12.0 Å². The third-order valence-corrected chi connectivity index (χ3v) is 5.13. The number of aliphatic carboxylic acids is 1. The number of carboxylic acids is 1. The van der Waals surface area contributed by atoms with Crippen molar-refractivity contribution >= 4 is 17.6 Å². The van der Waals surface area contributed by atoms with Gasteiger partial charge in [-0.25, -0.2) is 0 Å².